The Morgan fingerprint density at radius 1 is 1.47 bits per heavy atom. The van der Waals surface area contributed by atoms with Crippen LogP contribution in [-0.4, -0.2) is 26.0 Å². The average Bonchev–Trinajstić information content (AvgIpc) is 2.73. The highest BCUT2D eigenvalue weighted by Crippen LogP contribution is 2.17. The second kappa shape index (κ2) is 5.31. The van der Waals surface area contributed by atoms with Gasteiger partial charge in [0.25, 0.3) is 5.91 Å². The fourth-order valence-corrected chi connectivity index (χ4v) is 1.76. The van der Waals surface area contributed by atoms with Gasteiger partial charge >= 0.3 is 5.97 Å². The van der Waals surface area contributed by atoms with Gasteiger partial charge in [-0.2, -0.15) is 0 Å². The molecule has 0 atom stereocenters. The Morgan fingerprint density at radius 3 is 2.80 bits per heavy atom. The van der Waals surface area contributed by atoms with E-state index >= 15 is 0 Å². The van der Waals surface area contributed by atoms with Gasteiger partial charge in [0.1, 0.15) is 0 Å². The van der Waals surface area contributed by atoms with E-state index in [2.05, 4.69) is 10.1 Å². The van der Waals surface area contributed by atoms with Gasteiger partial charge in [-0.25, -0.2) is 4.79 Å². The van der Waals surface area contributed by atoms with Crippen LogP contribution in [0.3, 0.4) is 0 Å². The molecule has 0 aliphatic heterocycles. The highest BCUT2D eigenvalue weighted by Gasteiger charge is 2.05. The topological polar surface area (TPSA) is 55.4 Å². The Balaban J connectivity index is 2.72. The lowest BCUT2D eigenvalue weighted by atomic mass is 10.4. The average molecular weight is 225 g/mol. The van der Waals surface area contributed by atoms with E-state index in [0.717, 1.165) is 4.88 Å². The van der Waals surface area contributed by atoms with E-state index in [4.69, 9.17) is 0 Å². The van der Waals surface area contributed by atoms with Gasteiger partial charge in [0, 0.05) is 18.0 Å². The lowest BCUT2D eigenvalue weighted by Crippen LogP contribution is -2.15. The van der Waals surface area contributed by atoms with Gasteiger partial charge in [-0.05, 0) is 18.2 Å². The van der Waals surface area contributed by atoms with Gasteiger partial charge in [-0.3, -0.25) is 4.79 Å². The molecule has 1 N–H and O–H groups in total. The second-order valence-corrected chi connectivity index (χ2v) is 3.75. The lowest BCUT2D eigenvalue weighted by molar-refractivity contribution is -0.134. The lowest BCUT2D eigenvalue weighted by Gasteiger charge is -1.91. The van der Waals surface area contributed by atoms with Crippen molar-refractivity contribution in [2.75, 3.05) is 14.2 Å². The van der Waals surface area contributed by atoms with Gasteiger partial charge in [0.15, 0.2) is 0 Å². The number of ether oxygens (including phenoxy) is 1. The third kappa shape index (κ3) is 3.21. The van der Waals surface area contributed by atoms with Crippen molar-refractivity contribution in [3.8, 4) is 0 Å². The molecule has 0 saturated heterocycles. The first-order chi connectivity index (χ1) is 7.17. The van der Waals surface area contributed by atoms with Crippen molar-refractivity contribution >= 4 is 29.3 Å². The van der Waals surface area contributed by atoms with Crippen LogP contribution in [-0.2, 0) is 9.53 Å². The molecule has 80 valence electrons. The minimum Gasteiger partial charge on any atom is -0.466 e. The SMILES string of the molecule is CNC(=O)c1ccc(/C=C/C(=O)OC)s1. The summed E-state index contributed by atoms with van der Waals surface area (Å²) in [6.07, 6.45) is 2.93. The quantitative estimate of drug-likeness (QED) is 0.623. The number of nitrogens with one attached hydrogen (secondary N) is 1. The van der Waals surface area contributed by atoms with Gasteiger partial charge in [0.05, 0.1) is 12.0 Å². The number of hydrogen-bond donors (Lipinski definition) is 1. The zero-order valence-electron chi connectivity index (χ0n) is 8.44. The van der Waals surface area contributed by atoms with E-state index in [1.54, 1.807) is 25.3 Å². The van der Waals surface area contributed by atoms with E-state index in [-0.39, 0.29) is 5.91 Å². The number of methoxy groups -OCH3 is 1. The molecule has 0 spiro atoms. The van der Waals surface area contributed by atoms with E-state index in [0.29, 0.717) is 4.88 Å². The zero-order chi connectivity index (χ0) is 11.3. The minimum absolute atomic E-state index is 0.127. The van der Waals surface area contributed by atoms with Crippen molar-refractivity contribution in [1.82, 2.24) is 5.32 Å². The first kappa shape index (κ1) is 11.5. The Labute approximate surface area is 91.6 Å². The maximum atomic E-state index is 11.2. The molecule has 1 aromatic heterocycles. The molecular formula is C10H11NO3S. The molecule has 1 heterocycles. The molecule has 4 nitrogen and oxygen atoms in total. The Hall–Kier alpha value is -1.62. The van der Waals surface area contributed by atoms with Crippen LogP contribution in [0.15, 0.2) is 18.2 Å². The van der Waals surface area contributed by atoms with Crippen LogP contribution in [0.25, 0.3) is 6.08 Å². The van der Waals surface area contributed by atoms with Gasteiger partial charge in [-0.1, -0.05) is 0 Å². The molecule has 1 rings (SSSR count). The molecule has 0 aliphatic rings. The smallest absolute Gasteiger partial charge is 0.330 e. The van der Waals surface area contributed by atoms with Crippen LogP contribution >= 0.6 is 11.3 Å². The summed E-state index contributed by atoms with van der Waals surface area (Å²) < 4.78 is 4.45. The van der Waals surface area contributed by atoms with E-state index < -0.39 is 5.97 Å². The van der Waals surface area contributed by atoms with Crippen molar-refractivity contribution in [3.63, 3.8) is 0 Å². The van der Waals surface area contributed by atoms with E-state index in [1.807, 2.05) is 0 Å². The van der Waals surface area contributed by atoms with Crippen LogP contribution < -0.4 is 5.32 Å². The van der Waals surface area contributed by atoms with E-state index in [1.165, 1.54) is 24.5 Å². The summed E-state index contributed by atoms with van der Waals surface area (Å²) in [6, 6.07) is 3.48. The Kier molecular flexibility index (Phi) is 4.05. The highest BCUT2D eigenvalue weighted by atomic mass is 32.1. The number of carbonyl (C=O) groups is 2. The standard InChI is InChI=1S/C10H11NO3S/c1-11-10(13)8-5-3-7(15-8)4-6-9(12)14-2/h3-6H,1-2H3,(H,11,13)/b6-4+. The normalized spacial score (nSPS) is 10.3. The fraction of sp³-hybridized carbons (Fsp3) is 0.200. The molecule has 1 amide bonds. The van der Waals surface area contributed by atoms with Crippen LogP contribution in [0.2, 0.25) is 0 Å². The second-order valence-electron chi connectivity index (χ2n) is 2.64. The van der Waals surface area contributed by atoms with Gasteiger partial charge in [0.2, 0.25) is 0 Å². The third-order valence-corrected chi connectivity index (χ3v) is 2.71. The predicted octanol–water partition coefficient (Wildman–Crippen LogP) is 1.29. The predicted molar refractivity (Wildman–Crippen MR) is 58.8 cm³/mol. The van der Waals surface area contributed by atoms with Crippen LogP contribution in [0, 0.1) is 0 Å². The molecule has 0 saturated carbocycles. The largest absolute Gasteiger partial charge is 0.466 e. The monoisotopic (exact) mass is 225 g/mol. The molecule has 15 heavy (non-hydrogen) atoms. The minimum atomic E-state index is -0.412. The van der Waals surface area contributed by atoms with Crippen molar-refractivity contribution in [2.45, 2.75) is 0 Å². The van der Waals surface area contributed by atoms with Crippen molar-refractivity contribution < 1.29 is 14.3 Å². The summed E-state index contributed by atoms with van der Waals surface area (Å²) in [5, 5.41) is 2.53. The summed E-state index contributed by atoms with van der Waals surface area (Å²) in [5.41, 5.74) is 0. The molecule has 0 radical (unpaired) electrons. The van der Waals surface area contributed by atoms with E-state index in [9.17, 15) is 9.59 Å². The summed E-state index contributed by atoms with van der Waals surface area (Å²) >= 11 is 1.31. The number of carbonyl (C=O) groups excluding carboxylic acids is 2. The summed E-state index contributed by atoms with van der Waals surface area (Å²) in [7, 11) is 2.89. The fourth-order valence-electron chi connectivity index (χ4n) is 0.906. The molecular weight excluding hydrogens is 214 g/mol. The maximum absolute atomic E-state index is 11.2. The first-order valence-electron chi connectivity index (χ1n) is 4.25. The Bertz CT molecular complexity index is 395. The number of rotatable bonds is 3. The van der Waals surface area contributed by atoms with Crippen LogP contribution in [0.1, 0.15) is 14.5 Å². The Morgan fingerprint density at radius 2 is 2.20 bits per heavy atom. The molecule has 0 aromatic carbocycles. The van der Waals surface area contributed by atoms with Gasteiger partial charge in [-0.15, -0.1) is 11.3 Å². The van der Waals surface area contributed by atoms with Gasteiger partial charge < -0.3 is 10.1 Å². The maximum Gasteiger partial charge on any atom is 0.330 e. The number of amides is 1. The van der Waals surface area contributed by atoms with Crippen LogP contribution in [0.5, 0.6) is 0 Å². The molecule has 0 aliphatic carbocycles. The molecule has 0 fully saturated rings. The molecule has 0 unspecified atom stereocenters. The number of esters is 1. The summed E-state index contributed by atoms with van der Waals surface area (Å²) in [5.74, 6) is -0.539. The van der Waals surface area contributed by atoms with Crippen molar-refractivity contribution in [3.05, 3.63) is 28.0 Å². The highest BCUT2D eigenvalue weighted by molar-refractivity contribution is 7.14. The van der Waals surface area contributed by atoms with Crippen LogP contribution in [0.4, 0.5) is 0 Å². The summed E-state index contributed by atoms with van der Waals surface area (Å²) in [4.78, 5) is 23.4. The number of thiophene rings is 1. The molecule has 5 heteroatoms. The first-order valence-corrected chi connectivity index (χ1v) is 5.07. The zero-order valence-corrected chi connectivity index (χ0v) is 9.26. The molecule has 1 aromatic rings. The number of hydrogen-bond acceptors (Lipinski definition) is 4. The summed E-state index contributed by atoms with van der Waals surface area (Å²) in [6.45, 7) is 0. The van der Waals surface area contributed by atoms with Crippen molar-refractivity contribution in [1.29, 1.82) is 0 Å². The molecule has 0 bridgehead atoms. The van der Waals surface area contributed by atoms with Crippen molar-refractivity contribution in [2.24, 2.45) is 0 Å². The third-order valence-electron chi connectivity index (χ3n) is 1.66.